The Morgan fingerprint density at radius 1 is 0.843 bits per heavy atom. The number of hydrogen-bond acceptors (Lipinski definition) is 9. The third-order valence-electron chi connectivity index (χ3n) is 8.11. The molecule has 1 aliphatic carbocycles. The molecular formula is C39H41N3O7S2. The molecule has 51 heavy (non-hydrogen) atoms. The van der Waals surface area contributed by atoms with E-state index in [9.17, 15) is 19.2 Å². The fourth-order valence-electron chi connectivity index (χ4n) is 5.65. The fourth-order valence-corrected chi connectivity index (χ4v) is 7.70. The van der Waals surface area contributed by atoms with Gasteiger partial charge in [-0.05, 0) is 92.3 Å². The lowest BCUT2D eigenvalue weighted by Gasteiger charge is -2.13. The predicted octanol–water partition coefficient (Wildman–Crippen LogP) is 7.74. The summed E-state index contributed by atoms with van der Waals surface area (Å²) in [6.07, 6.45) is 7.56. The van der Waals surface area contributed by atoms with Crippen molar-refractivity contribution < 1.29 is 33.4 Å². The van der Waals surface area contributed by atoms with Gasteiger partial charge in [-0.15, -0.1) is 23.1 Å². The highest BCUT2D eigenvalue weighted by atomic mass is 32.2. The van der Waals surface area contributed by atoms with Crippen LogP contribution in [0.3, 0.4) is 0 Å². The minimum absolute atomic E-state index is 0.0101. The van der Waals surface area contributed by atoms with Gasteiger partial charge in [0, 0.05) is 21.0 Å². The van der Waals surface area contributed by atoms with Crippen LogP contribution in [0.4, 0.5) is 10.7 Å². The molecule has 0 spiro atoms. The Balaban J connectivity index is 1.29. The standard InChI is InChI=1S/C39H41N3O7S2/c1-4-49-39(46)35-29-17-10-5-6-11-18-33(29)51-38(35)42-34(43)24-50-28-16-12-15-27(23-28)40-37(45)30(41-36(44)26-13-8-7-9-14-26)21-25-19-20-31(47-2)32(22-25)48-3/h7-9,12-16,19-23H,4-6,10-11,17-18,24H2,1-3H3,(H,40,45)(H,41,44)(H,42,43)/b30-21+. The van der Waals surface area contributed by atoms with Gasteiger partial charge in [-0.1, -0.05) is 43.2 Å². The Morgan fingerprint density at radius 2 is 1.61 bits per heavy atom. The van der Waals surface area contributed by atoms with Crippen LogP contribution in [0.5, 0.6) is 11.5 Å². The number of rotatable bonds is 13. The molecule has 0 atom stereocenters. The van der Waals surface area contributed by atoms with Crippen molar-refractivity contribution in [2.75, 3.05) is 37.2 Å². The number of thioether (sulfide) groups is 1. The number of benzene rings is 3. The Hall–Kier alpha value is -5.07. The van der Waals surface area contributed by atoms with Gasteiger partial charge in [0.2, 0.25) is 5.91 Å². The van der Waals surface area contributed by atoms with Gasteiger partial charge in [-0.2, -0.15) is 0 Å². The number of amides is 3. The number of esters is 1. The molecule has 10 nitrogen and oxygen atoms in total. The van der Waals surface area contributed by atoms with Crippen LogP contribution in [0.1, 0.15) is 69.3 Å². The van der Waals surface area contributed by atoms with E-state index in [-0.39, 0.29) is 24.0 Å². The number of fused-ring (bicyclic) bond motifs is 1. The van der Waals surface area contributed by atoms with Crippen molar-refractivity contribution in [1.29, 1.82) is 0 Å². The van der Waals surface area contributed by atoms with Crippen LogP contribution in [-0.2, 0) is 27.2 Å². The first kappa shape index (κ1) is 37.2. The molecule has 266 valence electrons. The van der Waals surface area contributed by atoms with Crippen molar-refractivity contribution in [1.82, 2.24) is 5.32 Å². The molecule has 3 N–H and O–H groups in total. The van der Waals surface area contributed by atoms with E-state index in [1.54, 1.807) is 79.7 Å². The van der Waals surface area contributed by atoms with Crippen LogP contribution < -0.4 is 25.4 Å². The Kier molecular flexibility index (Phi) is 13.3. The zero-order valence-corrected chi connectivity index (χ0v) is 30.5. The molecular weight excluding hydrogens is 687 g/mol. The first-order valence-electron chi connectivity index (χ1n) is 16.8. The van der Waals surface area contributed by atoms with Crippen molar-refractivity contribution in [3.8, 4) is 11.5 Å². The van der Waals surface area contributed by atoms with Gasteiger partial charge in [-0.3, -0.25) is 14.4 Å². The van der Waals surface area contributed by atoms with Gasteiger partial charge >= 0.3 is 5.97 Å². The number of thiophene rings is 1. The minimum atomic E-state index is -0.547. The van der Waals surface area contributed by atoms with E-state index in [1.807, 2.05) is 6.07 Å². The molecule has 12 heteroatoms. The summed E-state index contributed by atoms with van der Waals surface area (Å²) in [5.41, 5.74) is 2.96. The summed E-state index contributed by atoms with van der Waals surface area (Å²) in [4.78, 5) is 54.8. The molecule has 3 amide bonds. The van der Waals surface area contributed by atoms with Crippen molar-refractivity contribution in [3.05, 3.63) is 106 Å². The quantitative estimate of drug-likeness (QED) is 0.0724. The van der Waals surface area contributed by atoms with Gasteiger partial charge in [-0.25, -0.2) is 4.79 Å². The van der Waals surface area contributed by atoms with Gasteiger partial charge in [0.25, 0.3) is 11.8 Å². The predicted molar refractivity (Wildman–Crippen MR) is 202 cm³/mol. The number of carbonyl (C=O) groups excluding carboxylic acids is 4. The molecule has 1 heterocycles. The van der Waals surface area contributed by atoms with E-state index in [0.717, 1.165) is 53.9 Å². The van der Waals surface area contributed by atoms with Gasteiger partial charge < -0.3 is 30.2 Å². The largest absolute Gasteiger partial charge is 0.493 e. The van der Waals surface area contributed by atoms with Crippen LogP contribution in [-0.4, -0.2) is 50.3 Å². The molecule has 1 aliphatic rings. The number of hydrogen-bond donors (Lipinski definition) is 3. The molecule has 0 radical (unpaired) electrons. The molecule has 0 saturated carbocycles. The molecule has 4 aromatic rings. The van der Waals surface area contributed by atoms with Crippen LogP contribution in [0, 0.1) is 0 Å². The monoisotopic (exact) mass is 727 g/mol. The Bertz CT molecular complexity index is 1910. The molecule has 3 aromatic carbocycles. The molecule has 0 aliphatic heterocycles. The zero-order chi connectivity index (χ0) is 36.2. The summed E-state index contributed by atoms with van der Waals surface area (Å²) >= 11 is 2.77. The lowest BCUT2D eigenvalue weighted by molar-refractivity contribution is -0.114. The summed E-state index contributed by atoms with van der Waals surface area (Å²) in [6, 6.07) is 20.8. The van der Waals surface area contributed by atoms with Gasteiger partial charge in [0.15, 0.2) is 11.5 Å². The zero-order valence-electron chi connectivity index (χ0n) is 28.8. The lowest BCUT2D eigenvalue weighted by atomic mass is 9.96. The topological polar surface area (TPSA) is 132 Å². The summed E-state index contributed by atoms with van der Waals surface area (Å²) < 4.78 is 16.1. The van der Waals surface area contributed by atoms with Crippen LogP contribution in [0.25, 0.3) is 6.08 Å². The number of aryl methyl sites for hydroxylation is 1. The van der Waals surface area contributed by atoms with E-state index in [0.29, 0.717) is 38.9 Å². The van der Waals surface area contributed by atoms with Crippen molar-refractivity contribution in [3.63, 3.8) is 0 Å². The Labute approximate surface area is 306 Å². The normalized spacial score (nSPS) is 12.8. The molecule has 1 aromatic heterocycles. The summed E-state index contributed by atoms with van der Waals surface area (Å²) in [5.74, 6) is -0.572. The van der Waals surface area contributed by atoms with Crippen LogP contribution >= 0.6 is 23.1 Å². The molecule has 0 saturated heterocycles. The fraction of sp³-hybridized carbons (Fsp3) is 0.282. The molecule has 0 unspecified atom stereocenters. The molecule has 0 bridgehead atoms. The number of methoxy groups -OCH3 is 2. The van der Waals surface area contributed by atoms with Crippen molar-refractivity contribution in [2.24, 2.45) is 0 Å². The lowest BCUT2D eigenvalue weighted by Crippen LogP contribution is -2.30. The number of carbonyl (C=O) groups is 4. The van der Waals surface area contributed by atoms with E-state index < -0.39 is 17.8 Å². The maximum absolute atomic E-state index is 13.6. The average Bonchev–Trinajstić information content (AvgIpc) is 3.45. The van der Waals surface area contributed by atoms with Crippen LogP contribution in [0.2, 0.25) is 0 Å². The molecule has 5 rings (SSSR count). The average molecular weight is 728 g/mol. The van der Waals surface area contributed by atoms with E-state index >= 15 is 0 Å². The van der Waals surface area contributed by atoms with Gasteiger partial charge in [0.05, 0.1) is 32.1 Å². The van der Waals surface area contributed by atoms with E-state index in [1.165, 1.54) is 37.3 Å². The first-order valence-corrected chi connectivity index (χ1v) is 18.6. The summed E-state index contributed by atoms with van der Waals surface area (Å²) in [6.45, 7) is 2.03. The highest BCUT2D eigenvalue weighted by molar-refractivity contribution is 8.00. The smallest absolute Gasteiger partial charge is 0.341 e. The maximum atomic E-state index is 13.6. The van der Waals surface area contributed by atoms with Crippen LogP contribution in [0.15, 0.2) is 83.4 Å². The second kappa shape index (κ2) is 18.2. The first-order chi connectivity index (χ1) is 24.8. The second-order valence-electron chi connectivity index (χ2n) is 11.7. The maximum Gasteiger partial charge on any atom is 0.341 e. The van der Waals surface area contributed by atoms with E-state index in [4.69, 9.17) is 14.2 Å². The minimum Gasteiger partial charge on any atom is -0.493 e. The van der Waals surface area contributed by atoms with Gasteiger partial charge in [0.1, 0.15) is 10.7 Å². The number of nitrogens with one attached hydrogen (secondary N) is 3. The molecule has 0 fully saturated rings. The number of ether oxygens (including phenoxy) is 3. The van der Waals surface area contributed by atoms with E-state index in [2.05, 4.69) is 16.0 Å². The highest BCUT2D eigenvalue weighted by Crippen LogP contribution is 2.38. The Morgan fingerprint density at radius 3 is 2.35 bits per heavy atom. The summed E-state index contributed by atoms with van der Waals surface area (Å²) in [5, 5.41) is 9.12. The SMILES string of the molecule is CCOC(=O)c1c(NC(=O)CSc2cccc(NC(=O)/C(=C\c3ccc(OC)c(OC)c3)NC(=O)c3ccccc3)c2)sc2c1CCCCCC2. The highest BCUT2D eigenvalue weighted by Gasteiger charge is 2.26. The third-order valence-corrected chi connectivity index (χ3v) is 10.3. The number of anilines is 2. The van der Waals surface area contributed by atoms with Crippen molar-refractivity contribution in [2.45, 2.75) is 50.3 Å². The summed E-state index contributed by atoms with van der Waals surface area (Å²) in [7, 11) is 3.05. The second-order valence-corrected chi connectivity index (χ2v) is 13.8. The third kappa shape index (κ3) is 10.0. The van der Waals surface area contributed by atoms with Crippen molar-refractivity contribution >= 4 is 63.6 Å².